The number of hydrogen-bond acceptors (Lipinski definition) is 6. The van der Waals surface area contributed by atoms with E-state index < -0.39 is 17.8 Å². The number of benzene rings is 2. The number of fused-ring (bicyclic) bond motifs is 1. The normalized spacial score (nSPS) is 13.0. The molecule has 0 atom stereocenters. The zero-order chi connectivity index (χ0) is 19.1. The Morgan fingerprint density at radius 1 is 1.00 bits per heavy atom. The fraction of sp³-hybridized carbons (Fsp3) is 0.0526. The zero-order valence-electron chi connectivity index (χ0n) is 13.9. The van der Waals surface area contributed by atoms with Crippen LogP contribution in [0.5, 0.6) is 0 Å². The molecule has 4 rings (SSSR count). The summed E-state index contributed by atoms with van der Waals surface area (Å²) < 4.78 is 5.11. The number of halogens is 1. The van der Waals surface area contributed by atoms with Gasteiger partial charge in [0.05, 0.1) is 16.1 Å². The molecule has 0 saturated heterocycles. The van der Waals surface area contributed by atoms with Crippen LogP contribution in [0, 0.1) is 6.92 Å². The lowest BCUT2D eigenvalue weighted by molar-refractivity contribution is -0.0585. The number of amides is 2. The second kappa shape index (κ2) is 6.37. The van der Waals surface area contributed by atoms with Gasteiger partial charge in [-0.2, -0.15) is 0 Å². The van der Waals surface area contributed by atoms with E-state index in [1.54, 1.807) is 36.4 Å². The van der Waals surface area contributed by atoms with Crippen LogP contribution in [0.3, 0.4) is 0 Å². The van der Waals surface area contributed by atoms with Gasteiger partial charge in [-0.3, -0.25) is 9.59 Å². The van der Waals surface area contributed by atoms with Gasteiger partial charge in [-0.25, -0.2) is 4.79 Å². The first-order valence-corrected chi connectivity index (χ1v) is 8.28. The van der Waals surface area contributed by atoms with Gasteiger partial charge in [0.15, 0.2) is 0 Å². The number of hydroxylamine groups is 2. The van der Waals surface area contributed by atoms with Gasteiger partial charge < -0.3 is 9.36 Å². The maximum Gasteiger partial charge on any atom is 0.369 e. The monoisotopic (exact) mass is 382 g/mol. The van der Waals surface area contributed by atoms with Gasteiger partial charge in [-0.15, -0.1) is 0 Å². The number of carbonyl (C=O) groups is 3. The molecule has 8 heteroatoms. The molecule has 7 nitrogen and oxygen atoms in total. The third-order valence-corrected chi connectivity index (χ3v) is 4.46. The summed E-state index contributed by atoms with van der Waals surface area (Å²) in [7, 11) is 0. The van der Waals surface area contributed by atoms with Crippen molar-refractivity contribution in [2.75, 3.05) is 0 Å². The van der Waals surface area contributed by atoms with E-state index in [0.717, 1.165) is 0 Å². The molecule has 27 heavy (non-hydrogen) atoms. The first kappa shape index (κ1) is 17.0. The largest absolute Gasteiger partial charge is 0.369 e. The van der Waals surface area contributed by atoms with Gasteiger partial charge in [0, 0.05) is 5.56 Å². The van der Waals surface area contributed by atoms with Crippen molar-refractivity contribution in [2.45, 2.75) is 6.92 Å². The predicted octanol–water partition coefficient (Wildman–Crippen LogP) is 3.67. The molecule has 0 fully saturated rings. The van der Waals surface area contributed by atoms with E-state index in [1.807, 2.05) is 0 Å². The Hall–Kier alpha value is -3.45. The topological polar surface area (TPSA) is 89.7 Å². The minimum absolute atomic E-state index is 0.0142. The molecule has 0 unspecified atom stereocenters. The Morgan fingerprint density at radius 2 is 1.56 bits per heavy atom. The molecule has 1 aliphatic heterocycles. The fourth-order valence-corrected chi connectivity index (χ4v) is 3.05. The van der Waals surface area contributed by atoms with Crippen LogP contribution in [-0.4, -0.2) is 28.0 Å². The summed E-state index contributed by atoms with van der Waals surface area (Å²) in [5.74, 6) is -2.19. The Morgan fingerprint density at radius 3 is 2.15 bits per heavy atom. The number of hydrogen-bond donors (Lipinski definition) is 0. The lowest BCUT2D eigenvalue weighted by Crippen LogP contribution is -2.32. The highest BCUT2D eigenvalue weighted by molar-refractivity contribution is 6.33. The zero-order valence-corrected chi connectivity index (χ0v) is 14.7. The van der Waals surface area contributed by atoms with Crippen LogP contribution in [0.2, 0.25) is 5.02 Å². The maximum atomic E-state index is 12.7. The number of carbonyl (C=O) groups excluding carboxylic acids is 3. The van der Waals surface area contributed by atoms with Gasteiger partial charge in [-0.05, 0) is 25.1 Å². The molecule has 0 spiro atoms. The van der Waals surface area contributed by atoms with Gasteiger partial charge in [0.25, 0.3) is 11.8 Å². The Kier molecular flexibility index (Phi) is 4.01. The molecular weight excluding hydrogens is 372 g/mol. The third kappa shape index (κ3) is 2.69. The lowest BCUT2D eigenvalue weighted by atomic mass is 10.1. The molecule has 0 radical (unpaired) electrons. The van der Waals surface area contributed by atoms with Crippen molar-refractivity contribution in [3.63, 3.8) is 0 Å². The van der Waals surface area contributed by atoms with Crippen LogP contribution in [0.15, 0.2) is 53.1 Å². The summed E-state index contributed by atoms with van der Waals surface area (Å²) in [5, 5.41) is 4.67. The van der Waals surface area contributed by atoms with E-state index >= 15 is 0 Å². The molecule has 134 valence electrons. The Bertz CT molecular complexity index is 1070. The fourth-order valence-electron chi connectivity index (χ4n) is 2.83. The summed E-state index contributed by atoms with van der Waals surface area (Å²) in [5.41, 5.74) is 0.956. The Labute approximate surface area is 158 Å². The summed E-state index contributed by atoms with van der Waals surface area (Å²) in [6.07, 6.45) is 0. The van der Waals surface area contributed by atoms with E-state index in [2.05, 4.69) is 5.16 Å². The van der Waals surface area contributed by atoms with Gasteiger partial charge in [-0.1, -0.05) is 52.2 Å². The van der Waals surface area contributed by atoms with Gasteiger partial charge >= 0.3 is 5.97 Å². The average molecular weight is 383 g/mol. The Balaban J connectivity index is 1.68. The quantitative estimate of drug-likeness (QED) is 0.642. The van der Waals surface area contributed by atoms with Gasteiger partial charge in [0.1, 0.15) is 17.0 Å². The third-order valence-electron chi connectivity index (χ3n) is 4.13. The van der Waals surface area contributed by atoms with Crippen LogP contribution >= 0.6 is 11.6 Å². The van der Waals surface area contributed by atoms with Crippen molar-refractivity contribution < 1.29 is 23.7 Å². The highest BCUT2D eigenvalue weighted by atomic mass is 35.5. The van der Waals surface area contributed by atoms with Gasteiger partial charge in [0.2, 0.25) is 0 Å². The first-order chi connectivity index (χ1) is 13.0. The molecular formula is C19H11ClN2O5. The molecule has 2 aromatic carbocycles. The SMILES string of the molecule is Cc1onc(-c2ccccc2Cl)c1C(=O)ON1C(=O)c2ccccc2C1=O. The lowest BCUT2D eigenvalue weighted by Gasteiger charge is -2.12. The van der Waals surface area contributed by atoms with Crippen LogP contribution < -0.4 is 0 Å². The standard InChI is InChI=1S/C19H11ClN2O5/c1-10-15(16(21-26-10)13-8-4-5-9-14(13)20)19(25)27-22-17(23)11-6-2-3-7-12(11)18(22)24/h2-9H,1H3. The van der Waals surface area contributed by atoms with E-state index in [9.17, 15) is 14.4 Å². The van der Waals surface area contributed by atoms with Crippen molar-refractivity contribution in [3.05, 3.63) is 76.0 Å². The number of aryl methyl sites for hydroxylation is 1. The van der Waals surface area contributed by atoms with E-state index in [0.29, 0.717) is 15.6 Å². The summed E-state index contributed by atoms with van der Waals surface area (Å²) in [6, 6.07) is 13.0. The highest BCUT2D eigenvalue weighted by Gasteiger charge is 2.39. The minimum Gasteiger partial charge on any atom is -0.360 e. The second-order valence-corrected chi connectivity index (χ2v) is 6.18. The first-order valence-electron chi connectivity index (χ1n) is 7.90. The molecule has 1 aromatic heterocycles. The minimum atomic E-state index is -0.946. The number of rotatable bonds is 3. The van der Waals surface area contributed by atoms with E-state index in [1.165, 1.54) is 19.1 Å². The molecule has 3 aromatic rings. The second-order valence-electron chi connectivity index (χ2n) is 5.77. The molecule has 1 aliphatic rings. The van der Waals surface area contributed by atoms with E-state index in [4.69, 9.17) is 21.0 Å². The van der Waals surface area contributed by atoms with Crippen molar-refractivity contribution >= 4 is 29.4 Å². The number of imide groups is 1. The summed E-state index contributed by atoms with van der Waals surface area (Å²) in [4.78, 5) is 42.6. The molecule has 2 amide bonds. The smallest absolute Gasteiger partial charge is 0.360 e. The van der Waals surface area contributed by atoms with Crippen LogP contribution in [0.4, 0.5) is 0 Å². The number of nitrogens with zero attached hydrogens (tertiary/aromatic N) is 2. The van der Waals surface area contributed by atoms with Crippen molar-refractivity contribution in [1.29, 1.82) is 0 Å². The predicted molar refractivity (Wildman–Crippen MR) is 94.0 cm³/mol. The summed E-state index contributed by atoms with van der Waals surface area (Å²) in [6.45, 7) is 1.52. The van der Waals surface area contributed by atoms with Crippen LogP contribution in [0.1, 0.15) is 36.8 Å². The maximum absolute atomic E-state index is 12.7. The highest BCUT2D eigenvalue weighted by Crippen LogP contribution is 2.32. The van der Waals surface area contributed by atoms with Crippen LogP contribution in [-0.2, 0) is 4.84 Å². The van der Waals surface area contributed by atoms with E-state index in [-0.39, 0.29) is 28.1 Å². The molecule has 0 bridgehead atoms. The van der Waals surface area contributed by atoms with Crippen LogP contribution in [0.25, 0.3) is 11.3 Å². The summed E-state index contributed by atoms with van der Waals surface area (Å²) >= 11 is 6.17. The average Bonchev–Trinajstić information content (AvgIpc) is 3.16. The van der Waals surface area contributed by atoms with Crippen molar-refractivity contribution in [3.8, 4) is 11.3 Å². The molecule has 2 heterocycles. The molecule has 0 aliphatic carbocycles. The van der Waals surface area contributed by atoms with Crippen molar-refractivity contribution in [1.82, 2.24) is 10.2 Å². The number of aromatic nitrogens is 1. The molecule has 0 N–H and O–H groups in total. The molecule has 0 saturated carbocycles. The van der Waals surface area contributed by atoms with Crippen molar-refractivity contribution in [2.24, 2.45) is 0 Å².